The lowest BCUT2D eigenvalue weighted by atomic mass is 10.1. The van der Waals surface area contributed by atoms with E-state index >= 15 is 0 Å². The van der Waals surface area contributed by atoms with Crippen LogP contribution in [0.3, 0.4) is 0 Å². The van der Waals surface area contributed by atoms with Crippen molar-refractivity contribution in [3.63, 3.8) is 0 Å². The third-order valence-corrected chi connectivity index (χ3v) is 3.39. The summed E-state index contributed by atoms with van der Waals surface area (Å²) in [6, 6.07) is 4.30. The molecule has 0 saturated heterocycles. The largest absolute Gasteiger partial charge is 0.355 e. The molecule has 0 unspecified atom stereocenters. The third kappa shape index (κ3) is 6.44. The molecule has 2 N–H and O–H groups in total. The van der Waals surface area contributed by atoms with Gasteiger partial charge in [-0.3, -0.25) is 0 Å². The lowest BCUT2D eigenvalue weighted by Gasteiger charge is -2.28. The Kier molecular flexibility index (Phi) is 7.68. The third-order valence-electron chi connectivity index (χ3n) is 3.39. The molecule has 0 amide bonds. The number of aromatic nitrogens is 1. The van der Waals surface area contributed by atoms with E-state index in [1.165, 1.54) is 5.56 Å². The predicted molar refractivity (Wildman–Crippen MR) is 91.7 cm³/mol. The van der Waals surface area contributed by atoms with Crippen LogP contribution in [-0.4, -0.2) is 43.6 Å². The fraction of sp³-hybridized carbons (Fsp3) is 0.706. The molecule has 1 heterocycles. The Hall–Kier alpha value is -1.13. The molecule has 0 aliphatic rings. The van der Waals surface area contributed by atoms with Gasteiger partial charge in [-0.15, -0.1) is 0 Å². The molecule has 0 aliphatic carbocycles. The maximum Gasteiger partial charge on any atom is 0.129 e. The standard InChI is InChI=1S/C17H32N4/c1-6-7-16-10-15(12-18)11-17(19-16)21(13-14(2)3)9-8-20(4)5/h10-11,14H,6-9,12-13,18H2,1-5H3. The van der Waals surface area contributed by atoms with Gasteiger partial charge in [0.1, 0.15) is 5.82 Å². The molecule has 0 fully saturated rings. The van der Waals surface area contributed by atoms with Crippen LogP contribution >= 0.6 is 0 Å². The smallest absolute Gasteiger partial charge is 0.129 e. The number of nitrogens with two attached hydrogens (primary N) is 1. The maximum atomic E-state index is 5.85. The Labute approximate surface area is 130 Å². The second-order valence-electron chi connectivity index (χ2n) is 6.42. The van der Waals surface area contributed by atoms with Crippen molar-refractivity contribution in [2.75, 3.05) is 38.6 Å². The van der Waals surface area contributed by atoms with Crippen molar-refractivity contribution in [1.29, 1.82) is 0 Å². The summed E-state index contributed by atoms with van der Waals surface area (Å²) in [5.74, 6) is 1.70. The zero-order valence-corrected chi connectivity index (χ0v) is 14.4. The minimum Gasteiger partial charge on any atom is -0.355 e. The first-order chi connectivity index (χ1) is 9.96. The predicted octanol–water partition coefficient (Wildman–Crippen LogP) is 2.52. The zero-order valence-electron chi connectivity index (χ0n) is 14.4. The van der Waals surface area contributed by atoms with Crippen molar-refractivity contribution < 1.29 is 0 Å². The van der Waals surface area contributed by atoms with E-state index in [4.69, 9.17) is 10.7 Å². The SMILES string of the molecule is CCCc1cc(CN)cc(N(CCN(C)C)CC(C)C)n1. The molecule has 21 heavy (non-hydrogen) atoms. The van der Waals surface area contributed by atoms with Gasteiger partial charge in [0.15, 0.2) is 0 Å². The van der Waals surface area contributed by atoms with Crippen LogP contribution in [0.1, 0.15) is 38.4 Å². The lowest BCUT2D eigenvalue weighted by molar-refractivity contribution is 0.408. The quantitative estimate of drug-likeness (QED) is 0.759. The number of hydrogen-bond donors (Lipinski definition) is 1. The highest BCUT2D eigenvalue weighted by Crippen LogP contribution is 2.17. The van der Waals surface area contributed by atoms with E-state index in [0.717, 1.165) is 44.0 Å². The van der Waals surface area contributed by atoms with Gasteiger partial charge in [0, 0.05) is 31.9 Å². The molecule has 1 aromatic heterocycles. The molecule has 0 spiro atoms. The summed E-state index contributed by atoms with van der Waals surface area (Å²) < 4.78 is 0. The topological polar surface area (TPSA) is 45.4 Å². The molecule has 0 atom stereocenters. The maximum absolute atomic E-state index is 5.85. The van der Waals surface area contributed by atoms with Gasteiger partial charge in [0.05, 0.1) is 0 Å². The van der Waals surface area contributed by atoms with Gasteiger partial charge in [0.2, 0.25) is 0 Å². The van der Waals surface area contributed by atoms with E-state index in [9.17, 15) is 0 Å². The minimum atomic E-state index is 0.579. The summed E-state index contributed by atoms with van der Waals surface area (Å²) in [7, 11) is 4.22. The Morgan fingerprint density at radius 3 is 2.43 bits per heavy atom. The number of anilines is 1. The van der Waals surface area contributed by atoms with Crippen LogP contribution in [-0.2, 0) is 13.0 Å². The van der Waals surface area contributed by atoms with E-state index in [2.05, 4.69) is 56.8 Å². The fourth-order valence-electron chi connectivity index (χ4n) is 2.36. The van der Waals surface area contributed by atoms with Crippen molar-refractivity contribution >= 4 is 5.82 Å². The highest BCUT2D eigenvalue weighted by atomic mass is 15.2. The van der Waals surface area contributed by atoms with Crippen LogP contribution in [0.5, 0.6) is 0 Å². The summed E-state index contributed by atoms with van der Waals surface area (Å²) in [5, 5.41) is 0. The first-order valence-corrected chi connectivity index (χ1v) is 8.05. The summed E-state index contributed by atoms with van der Waals surface area (Å²) in [6.45, 7) is 10.3. The molecular formula is C17H32N4. The Bertz CT molecular complexity index is 415. The average molecular weight is 292 g/mol. The number of rotatable bonds is 9. The molecule has 0 aliphatic heterocycles. The summed E-state index contributed by atoms with van der Waals surface area (Å²) in [5.41, 5.74) is 8.20. The Balaban J connectivity index is 3.00. The van der Waals surface area contributed by atoms with Crippen molar-refractivity contribution in [3.8, 4) is 0 Å². The lowest BCUT2D eigenvalue weighted by Crippen LogP contribution is -2.35. The first-order valence-electron chi connectivity index (χ1n) is 8.05. The molecular weight excluding hydrogens is 260 g/mol. The van der Waals surface area contributed by atoms with Crippen molar-refractivity contribution in [2.24, 2.45) is 11.7 Å². The van der Waals surface area contributed by atoms with Gasteiger partial charge in [-0.1, -0.05) is 27.2 Å². The zero-order chi connectivity index (χ0) is 15.8. The molecule has 120 valence electrons. The van der Waals surface area contributed by atoms with E-state index < -0.39 is 0 Å². The van der Waals surface area contributed by atoms with Crippen LogP contribution < -0.4 is 10.6 Å². The van der Waals surface area contributed by atoms with Gasteiger partial charge < -0.3 is 15.5 Å². The monoisotopic (exact) mass is 292 g/mol. The van der Waals surface area contributed by atoms with Gasteiger partial charge in [-0.25, -0.2) is 4.98 Å². The number of likely N-dealkylation sites (N-methyl/N-ethyl adjacent to an activating group) is 1. The van der Waals surface area contributed by atoms with Crippen molar-refractivity contribution in [2.45, 2.75) is 40.2 Å². The molecule has 0 saturated carbocycles. The highest BCUT2D eigenvalue weighted by Gasteiger charge is 2.12. The molecule has 0 radical (unpaired) electrons. The highest BCUT2D eigenvalue weighted by molar-refractivity contribution is 5.43. The van der Waals surface area contributed by atoms with E-state index in [1.54, 1.807) is 0 Å². The van der Waals surface area contributed by atoms with Gasteiger partial charge in [-0.2, -0.15) is 0 Å². The molecule has 1 aromatic rings. The molecule has 4 heteroatoms. The number of hydrogen-bond acceptors (Lipinski definition) is 4. The first kappa shape index (κ1) is 17.9. The minimum absolute atomic E-state index is 0.579. The van der Waals surface area contributed by atoms with Gasteiger partial charge in [-0.05, 0) is 44.1 Å². The van der Waals surface area contributed by atoms with Crippen LogP contribution in [0.15, 0.2) is 12.1 Å². The van der Waals surface area contributed by atoms with Crippen LogP contribution in [0.25, 0.3) is 0 Å². The number of pyridine rings is 1. The Morgan fingerprint density at radius 1 is 1.19 bits per heavy atom. The van der Waals surface area contributed by atoms with Crippen molar-refractivity contribution in [1.82, 2.24) is 9.88 Å². The normalized spacial score (nSPS) is 11.4. The number of aryl methyl sites for hydroxylation is 1. The fourth-order valence-corrected chi connectivity index (χ4v) is 2.36. The molecule has 0 aromatic carbocycles. The average Bonchev–Trinajstić information content (AvgIpc) is 2.42. The summed E-state index contributed by atoms with van der Waals surface area (Å²) >= 11 is 0. The second-order valence-corrected chi connectivity index (χ2v) is 6.42. The van der Waals surface area contributed by atoms with E-state index in [-0.39, 0.29) is 0 Å². The molecule has 0 bridgehead atoms. The van der Waals surface area contributed by atoms with Crippen LogP contribution in [0, 0.1) is 5.92 Å². The van der Waals surface area contributed by atoms with Gasteiger partial charge >= 0.3 is 0 Å². The van der Waals surface area contributed by atoms with E-state index in [0.29, 0.717) is 12.5 Å². The summed E-state index contributed by atoms with van der Waals surface area (Å²) in [6.07, 6.45) is 2.13. The molecule has 4 nitrogen and oxygen atoms in total. The number of nitrogens with zero attached hydrogens (tertiary/aromatic N) is 3. The van der Waals surface area contributed by atoms with Crippen LogP contribution in [0.2, 0.25) is 0 Å². The summed E-state index contributed by atoms with van der Waals surface area (Å²) in [4.78, 5) is 9.46. The Morgan fingerprint density at radius 2 is 1.90 bits per heavy atom. The van der Waals surface area contributed by atoms with Crippen molar-refractivity contribution in [3.05, 3.63) is 23.4 Å². The molecule has 1 rings (SSSR count). The second kappa shape index (κ2) is 9.00. The van der Waals surface area contributed by atoms with Gasteiger partial charge in [0.25, 0.3) is 0 Å². The van der Waals surface area contributed by atoms with Crippen LogP contribution in [0.4, 0.5) is 5.82 Å². The van der Waals surface area contributed by atoms with E-state index in [1.807, 2.05) is 0 Å².